The van der Waals surface area contributed by atoms with Gasteiger partial charge in [0, 0.05) is 35.7 Å². The molecule has 4 nitrogen and oxygen atoms in total. The quantitative estimate of drug-likeness (QED) is 0.640. The van der Waals surface area contributed by atoms with E-state index in [1.54, 1.807) is 6.26 Å². The van der Waals surface area contributed by atoms with Crippen molar-refractivity contribution in [3.8, 4) is 0 Å². The molecule has 0 amide bonds. The van der Waals surface area contributed by atoms with Crippen molar-refractivity contribution in [2.45, 2.75) is 51.5 Å². The third kappa shape index (κ3) is 2.05. The van der Waals surface area contributed by atoms with Crippen LogP contribution in [0, 0.1) is 13.8 Å². The molecule has 1 aromatic carbocycles. The summed E-state index contributed by atoms with van der Waals surface area (Å²) < 4.78 is 7.65. The van der Waals surface area contributed by atoms with Gasteiger partial charge in [-0.05, 0) is 62.9 Å². The zero-order valence-electron chi connectivity index (χ0n) is 15.9. The van der Waals surface area contributed by atoms with Gasteiger partial charge in [-0.3, -0.25) is 14.3 Å². The second-order valence-electron chi connectivity index (χ2n) is 8.60. The molecule has 27 heavy (non-hydrogen) atoms. The van der Waals surface area contributed by atoms with Crippen molar-refractivity contribution in [2.24, 2.45) is 0 Å². The molecule has 0 spiro atoms. The number of hydrogen-bond acceptors (Lipinski definition) is 3. The van der Waals surface area contributed by atoms with Crippen LogP contribution < -0.4 is 0 Å². The predicted molar refractivity (Wildman–Crippen MR) is 104 cm³/mol. The lowest BCUT2D eigenvalue weighted by molar-refractivity contribution is 0.0873. The van der Waals surface area contributed by atoms with Gasteiger partial charge in [-0.2, -0.15) is 0 Å². The average Bonchev–Trinajstić information content (AvgIpc) is 3.29. The van der Waals surface area contributed by atoms with Crippen molar-refractivity contribution in [1.82, 2.24) is 9.47 Å². The molecule has 3 aliphatic heterocycles. The second kappa shape index (κ2) is 5.35. The molecular formula is C23H24N2O2. The molecule has 3 aliphatic rings. The monoisotopic (exact) mass is 360 g/mol. The Labute approximate surface area is 158 Å². The molecule has 0 saturated carbocycles. The lowest BCUT2D eigenvalue weighted by Gasteiger charge is -2.25. The molecule has 1 saturated heterocycles. The van der Waals surface area contributed by atoms with Crippen LogP contribution in [0.1, 0.15) is 63.2 Å². The van der Waals surface area contributed by atoms with E-state index in [-0.39, 0.29) is 11.8 Å². The van der Waals surface area contributed by atoms with Crippen LogP contribution in [0.3, 0.4) is 0 Å². The first-order valence-electron chi connectivity index (χ1n) is 10.1. The van der Waals surface area contributed by atoms with Crippen LogP contribution in [0.25, 0.3) is 10.9 Å². The Bertz CT molecular complexity index is 1100. The highest BCUT2D eigenvalue weighted by Crippen LogP contribution is 2.45. The SMILES string of the molecule is Cc1cc2c3c(c1)c1c(n3C(=O)C(c3ccoc3C)CC2)CN2CCC1C2. The number of hydrogen-bond donors (Lipinski definition) is 0. The van der Waals surface area contributed by atoms with E-state index in [0.717, 1.165) is 43.8 Å². The summed E-state index contributed by atoms with van der Waals surface area (Å²) in [6, 6.07) is 6.60. The van der Waals surface area contributed by atoms with Gasteiger partial charge in [0.05, 0.1) is 17.7 Å². The Balaban J connectivity index is 1.65. The van der Waals surface area contributed by atoms with Crippen molar-refractivity contribution in [2.75, 3.05) is 13.1 Å². The van der Waals surface area contributed by atoms with Gasteiger partial charge in [0.1, 0.15) is 5.76 Å². The summed E-state index contributed by atoms with van der Waals surface area (Å²) in [5, 5.41) is 1.34. The molecule has 3 aromatic rings. The number of furan rings is 1. The maximum absolute atomic E-state index is 13.8. The minimum atomic E-state index is -0.120. The van der Waals surface area contributed by atoms with Crippen LogP contribution >= 0.6 is 0 Å². The van der Waals surface area contributed by atoms with Crippen LogP contribution in [-0.4, -0.2) is 28.5 Å². The van der Waals surface area contributed by atoms with E-state index in [9.17, 15) is 4.79 Å². The minimum Gasteiger partial charge on any atom is -0.469 e. The van der Waals surface area contributed by atoms with Crippen molar-refractivity contribution in [1.29, 1.82) is 0 Å². The van der Waals surface area contributed by atoms with E-state index in [4.69, 9.17) is 4.42 Å². The Hall–Kier alpha value is -2.33. The van der Waals surface area contributed by atoms with E-state index in [1.165, 1.54) is 39.7 Å². The van der Waals surface area contributed by atoms with E-state index >= 15 is 0 Å². The lowest BCUT2D eigenvalue weighted by atomic mass is 9.89. The molecule has 1 fully saturated rings. The van der Waals surface area contributed by atoms with Gasteiger partial charge in [-0.1, -0.05) is 11.6 Å². The summed E-state index contributed by atoms with van der Waals surface area (Å²) in [6.45, 7) is 7.36. The van der Waals surface area contributed by atoms with E-state index < -0.39 is 0 Å². The third-order valence-electron chi connectivity index (χ3n) is 6.98. The standard InChI is InChI=1S/C23H24N2O2/c1-13-9-15-3-4-18(17-6-8-27-14(17)2)23(26)25-20-12-24-7-5-16(11-24)21(20)19(10-13)22(15)25/h6,8-10,16,18H,3-5,7,11-12H2,1-2H3. The molecule has 2 aromatic heterocycles. The fourth-order valence-corrected chi connectivity index (χ4v) is 5.83. The van der Waals surface area contributed by atoms with Gasteiger partial charge in [-0.25, -0.2) is 0 Å². The first kappa shape index (κ1) is 15.7. The van der Waals surface area contributed by atoms with E-state index in [1.807, 2.05) is 13.0 Å². The molecule has 0 radical (unpaired) electrons. The van der Waals surface area contributed by atoms with Crippen molar-refractivity contribution >= 4 is 16.8 Å². The second-order valence-corrected chi connectivity index (χ2v) is 8.60. The topological polar surface area (TPSA) is 38.4 Å². The number of carbonyl (C=O) groups excluding carboxylic acids is 1. The maximum Gasteiger partial charge on any atom is 0.239 e. The largest absolute Gasteiger partial charge is 0.469 e. The smallest absolute Gasteiger partial charge is 0.239 e. The molecule has 0 N–H and O–H groups in total. The normalized spacial score (nSPS) is 26.4. The summed E-state index contributed by atoms with van der Waals surface area (Å²) in [5.74, 6) is 1.56. The summed E-state index contributed by atoms with van der Waals surface area (Å²) in [7, 11) is 0. The predicted octanol–water partition coefficient (Wildman–Crippen LogP) is 4.52. The zero-order valence-corrected chi connectivity index (χ0v) is 15.9. The van der Waals surface area contributed by atoms with Gasteiger partial charge in [-0.15, -0.1) is 0 Å². The highest BCUT2D eigenvalue weighted by Gasteiger charge is 2.40. The molecular weight excluding hydrogens is 336 g/mol. The van der Waals surface area contributed by atoms with Crippen LogP contribution in [0.4, 0.5) is 0 Å². The summed E-state index contributed by atoms with van der Waals surface area (Å²) in [5.41, 5.74) is 7.60. The first-order chi connectivity index (χ1) is 13.1. The van der Waals surface area contributed by atoms with Crippen LogP contribution in [-0.2, 0) is 13.0 Å². The maximum atomic E-state index is 13.8. The van der Waals surface area contributed by atoms with Gasteiger partial charge in [0.25, 0.3) is 0 Å². The number of benzene rings is 1. The first-order valence-corrected chi connectivity index (χ1v) is 10.1. The molecule has 3 unspecified atom stereocenters. The molecule has 0 aliphatic carbocycles. The molecule has 3 atom stereocenters. The average molecular weight is 360 g/mol. The number of carbonyl (C=O) groups is 1. The van der Waals surface area contributed by atoms with Gasteiger partial charge >= 0.3 is 0 Å². The number of aromatic nitrogens is 1. The molecule has 5 heterocycles. The lowest BCUT2D eigenvalue weighted by Crippen LogP contribution is -2.29. The fourth-order valence-electron chi connectivity index (χ4n) is 5.83. The zero-order chi connectivity index (χ0) is 18.3. The Kier molecular flexibility index (Phi) is 3.11. The minimum absolute atomic E-state index is 0.120. The van der Waals surface area contributed by atoms with Gasteiger partial charge in [0.15, 0.2) is 0 Å². The Morgan fingerprint density at radius 1 is 1.19 bits per heavy atom. The van der Waals surface area contributed by atoms with Crippen LogP contribution in [0.15, 0.2) is 28.9 Å². The molecule has 2 bridgehead atoms. The molecule has 6 rings (SSSR count). The number of fused-ring (bicyclic) bond motifs is 6. The van der Waals surface area contributed by atoms with E-state index in [2.05, 4.69) is 28.5 Å². The van der Waals surface area contributed by atoms with Gasteiger partial charge in [0.2, 0.25) is 5.91 Å². The number of rotatable bonds is 1. The Morgan fingerprint density at radius 2 is 2.07 bits per heavy atom. The number of aryl methyl sites for hydroxylation is 3. The van der Waals surface area contributed by atoms with E-state index in [0.29, 0.717) is 5.92 Å². The summed E-state index contributed by atoms with van der Waals surface area (Å²) >= 11 is 0. The fraction of sp³-hybridized carbons (Fsp3) is 0.435. The number of nitrogens with zero attached hydrogens (tertiary/aromatic N) is 2. The molecule has 4 heteroatoms. The highest BCUT2D eigenvalue weighted by molar-refractivity contribution is 6.01. The summed E-state index contributed by atoms with van der Waals surface area (Å²) in [6.07, 6.45) is 4.72. The van der Waals surface area contributed by atoms with Crippen molar-refractivity contribution in [3.63, 3.8) is 0 Å². The van der Waals surface area contributed by atoms with Crippen molar-refractivity contribution < 1.29 is 9.21 Å². The van der Waals surface area contributed by atoms with Gasteiger partial charge < -0.3 is 4.42 Å². The molecule has 138 valence electrons. The third-order valence-corrected chi connectivity index (χ3v) is 6.98. The van der Waals surface area contributed by atoms with Crippen molar-refractivity contribution in [3.05, 3.63) is 58.2 Å². The Morgan fingerprint density at radius 3 is 2.89 bits per heavy atom. The van der Waals surface area contributed by atoms with Crippen LogP contribution in [0.5, 0.6) is 0 Å². The highest BCUT2D eigenvalue weighted by atomic mass is 16.3. The van der Waals surface area contributed by atoms with Crippen LogP contribution in [0.2, 0.25) is 0 Å². The summed E-state index contributed by atoms with van der Waals surface area (Å²) in [4.78, 5) is 16.3.